The third kappa shape index (κ3) is 51.8. The molecular weight excluding hydrogens is 817 g/mol. The maximum Gasteiger partial charge on any atom is 0.306 e. The van der Waals surface area contributed by atoms with Crippen molar-refractivity contribution in [3.63, 3.8) is 0 Å². The average Bonchev–Trinajstić information content (AvgIpc) is 3.30. The fraction of sp³-hybridized carbons (Fsp3) is 0.950. The summed E-state index contributed by atoms with van der Waals surface area (Å²) in [6.45, 7) is 11.5. The summed E-state index contributed by atoms with van der Waals surface area (Å²) >= 11 is 0. The molecule has 1 unspecified atom stereocenters. The van der Waals surface area contributed by atoms with Crippen molar-refractivity contribution in [2.24, 2.45) is 11.8 Å². The fourth-order valence-electron chi connectivity index (χ4n) is 9.20. The summed E-state index contributed by atoms with van der Waals surface area (Å²) < 4.78 is 16.9. The van der Waals surface area contributed by atoms with Crippen molar-refractivity contribution in [3.8, 4) is 0 Å². The second-order valence-electron chi connectivity index (χ2n) is 21.4. The summed E-state index contributed by atoms with van der Waals surface area (Å²) in [6.07, 6.45) is 56.6. The van der Waals surface area contributed by atoms with Gasteiger partial charge in [-0.1, -0.05) is 298 Å². The molecule has 0 rings (SSSR count). The van der Waals surface area contributed by atoms with Crippen LogP contribution in [0.5, 0.6) is 0 Å². The highest BCUT2D eigenvalue weighted by atomic mass is 16.6. The van der Waals surface area contributed by atoms with Crippen LogP contribution in [0, 0.1) is 11.8 Å². The van der Waals surface area contributed by atoms with Gasteiger partial charge < -0.3 is 14.2 Å². The Hall–Kier alpha value is -1.59. The molecule has 0 spiro atoms. The first-order valence-corrected chi connectivity index (χ1v) is 29.8. The van der Waals surface area contributed by atoms with Crippen LogP contribution in [0.2, 0.25) is 0 Å². The van der Waals surface area contributed by atoms with Gasteiger partial charge in [-0.15, -0.1) is 0 Å². The summed E-state index contributed by atoms with van der Waals surface area (Å²) in [5.41, 5.74) is 0. The first-order valence-electron chi connectivity index (χ1n) is 29.8. The highest BCUT2D eigenvalue weighted by molar-refractivity contribution is 5.71. The van der Waals surface area contributed by atoms with Crippen LogP contribution in [-0.4, -0.2) is 37.2 Å². The standard InChI is InChI=1S/C60H116O6/c1-6-8-9-10-11-12-23-30-35-40-45-50-58(61)64-53-57(66-60(63)52-47-42-37-32-27-22-18-17-20-25-29-34-39-44-49-56(5)7-2)54-65-59(62)51-46-41-36-31-26-21-16-14-13-15-19-24-28-33-38-43-48-55(3)4/h55-57H,6-54H2,1-5H3/t56?,57-/m1/s1. The molecule has 0 saturated carbocycles. The van der Waals surface area contributed by atoms with Crippen LogP contribution in [0.1, 0.15) is 336 Å². The molecule has 0 aromatic carbocycles. The van der Waals surface area contributed by atoms with E-state index in [2.05, 4.69) is 34.6 Å². The third-order valence-corrected chi connectivity index (χ3v) is 14.1. The second-order valence-corrected chi connectivity index (χ2v) is 21.4. The van der Waals surface area contributed by atoms with Crippen molar-refractivity contribution in [3.05, 3.63) is 0 Å². The lowest BCUT2D eigenvalue weighted by Crippen LogP contribution is -2.30. The third-order valence-electron chi connectivity index (χ3n) is 14.1. The highest BCUT2D eigenvalue weighted by Crippen LogP contribution is 2.19. The Morgan fingerprint density at radius 3 is 0.864 bits per heavy atom. The molecule has 392 valence electrons. The number of unbranched alkanes of at least 4 members (excludes halogenated alkanes) is 38. The van der Waals surface area contributed by atoms with Gasteiger partial charge in [-0.05, 0) is 31.1 Å². The van der Waals surface area contributed by atoms with E-state index >= 15 is 0 Å². The lowest BCUT2D eigenvalue weighted by atomic mass is 9.99. The van der Waals surface area contributed by atoms with Gasteiger partial charge in [0.1, 0.15) is 13.2 Å². The zero-order chi connectivity index (χ0) is 48.2. The van der Waals surface area contributed by atoms with Crippen LogP contribution in [0.3, 0.4) is 0 Å². The smallest absolute Gasteiger partial charge is 0.306 e. The van der Waals surface area contributed by atoms with Gasteiger partial charge in [-0.25, -0.2) is 0 Å². The molecule has 0 bridgehead atoms. The molecule has 0 aliphatic heterocycles. The molecule has 0 N–H and O–H groups in total. The largest absolute Gasteiger partial charge is 0.462 e. The topological polar surface area (TPSA) is 78.9 Å². The zero-order valence-electron chi connectivity index (χ0n) is 45.3. The van der Waals surface area contributed by atoms with E-state index < -0.39 is 6.10 Å². The Bertz CT molecular complexity index is 1010. The van der Waals surface area contributed by atoms with E-state index in [0.29, 0.717) is 19.3 Å². The van der Waals surface area contributed by atoms with Crippen LogP contribution in [-0.2, 0) is 28.6 Å². The van der Waals surface area contributed by atoms with Gasteiger partial charge in [0.2, 0.25) is 0 Å². The summed E-state index contributed by atoms with van der Waals surface area (Å²) in [5.74, 6) is 0.910. The Morgan fingerprint density at radius 2 is 0.576 bits per heavy atom. The quantitative estimate of drug-likeness (QED) is 0.0343. The normalized spacial score (nSPS) is 12.5. The van der Waals surface area contributed by atoms with Crippen molar-refractivity contribution in [1.82, 2.24) is 0 Å². The van der Waals surface area contributed by atoms with E-state index in [1.54, 1.807) is 0 Å². The molecule has 0 amide bonds. The lowest BCUT2D eigenvalue weighted by molar-refractivity contribution is -0.167. The average molecular weight is 934 g/mol. The maximum atomic E-state index is 12.9. The number of rotatable bonds is 54. The molecule has 0 radical (unpaired) electrons. The van der Waals surface area contributed by atoms with E-state index in [1.165, 1.54) is 225 Å². The number of esters is 3. The minimum atomic E-state index is -0.762. The van der Waals surface area contributed by atoms with Gasteiger partial charge >= 0.3 is 17.9 Å². The van der Waals surface area contributed by atoms with Crippen LogP contribution in [0.15, 0.2) is 0 Å². The van der Waals surface area contributed by atoms with E-state index in [-0.39, 0.29) is 31.1 Å². The van der Waals surface area contributed by atoms with E-state index in [0.717, 1.165) is 69.6 Å². The van der Waals surface area contributed by atoms with Crippen molar-refractivity contribution in [1.29, 1.82) is 0 Å². The minimum absolute atomic E-state index is 0.0624. The molecule has 0 aromatic heterocycles. The van der Waals surface area contributed by atoms with Crippen molar-refractivity contribution < 1.29 is 28.6 Å². The highest BCUT2D eigenvalue weighted by Gasteiger charge is 2.19. The second kappa shape index (κ2) is 52.8. The van der Waals surface area contributed by atoms with E-state index in [4.69, 9.17) is 14.2 Å². The monoisotopic (exact) mass is 933 g/mol. The summed E-state index contributed by atoms with van der Waals surface area (Å²) in [4.78, 5) is 38.1. The van der Waals surface area contributed by atoms with Gasteiger partial charge in [-0.3, -0.25) is 14.4 Å². The van der Waals surface area contributed by atoms with Crippen molar-refractivity contribution >= 4 is 17.9 Å². The maximum absolute atomic E-state index is 12.9. The Balaban J connectivity index is 4.25. The van der Waals surface area contributed by atoms with Gasteiger partial charge in [-0.2, -0.15) is 0 Å². The lowest BCUT2D eigenvalue weighted by Gasteiger charge is -2.18. The van der Waals surface area contributed by atoms with Gasteiger partial charge in [0, 0.05) is 19.3 Å². The number of carbonyl (C=O) groups excluding carboxylic acids is 3. The molecular formula is C60H116O6. The Kier molecular flexibility index (Phi) is 51.5. The number of hydrogen-bond donors (Lipinski definition) is 0. The van der Waals surface area contributed by atoms with Crippen LogP contribution >= 0.6 is 0 Å². The van der Waals surface area contributed by atoms with Gasteiger partial charge in [0.25, 0.3) is 0 Å². The predicted octanol–water partition coefficient (Wildman–Crippen LogP) is 19.7. The molecule has 0 aliphatic rings. The first-order chi connectivity index (χ1) is 32.3. The molecule has 0 heterocycles. The van der Waals surface area contributed by atoms with Crippen LogP contribution in [0.4, 0.5) is 0 Å². The van der Waals surface area contributed by atoms with Gasteiger partial charge in [0.15, 0.2) is 6.10 Å². The number of ether oxygens (including phenoxy) is 3. The summed E-state index contributed by atoms with van der Waals surface area (Å²) in [5, 5.41) is 0. The summed E-state index contributed by atoms with van der Waals surface area (Å²) in [6, 6.07) is 0. The molecule has 0 aromatic rings. The molecule has 2 atom stereocenters. The number of hydrogen-bond acceptors (Lipinski definition) is 6. The predicted molar refractivity (Wildman–Crippen MR) is 284 cm³/mol. The van der Waals surface area contributed by atoms with E-state index in [9.17, 15) is 14.4 Å². The summed E-state index contributed by atoms with van der Waals surface area (Å²) in [7, 11) is 0. The SMILES string of the molecule is CCCCCCCCCCCCCC(=O)OC[C@H](COC(=O)CCCCCCCCCCCCCCCCCCC(C)C)OC(=O)CCCCCCCCCCCCCCCCC(C)CC. The zero-order valence-corrected chi connectivity index (χ0v) is 45.3. The minimum Gasteiger partial charge on any atom is -0.462 e. The van der Waals surface area contributed by atoms with Crippen LogP contribution in [0.25, 0.3) is 0 Å². The van der Waals surface area contributed by atoms with Gasteiger partial charge in [0.05, 0.1) is 0 Å². The molecule has 0 aliphatic carbocycles. The van der Waals surface area contributed by atoms with Crippen LogP contribution < -0.4 is 0 Å². The molecule has 0 fully saturated rings. The molecule has 66 heavy (non-hydrogen) atoms. The fourth-order valence-corrected chi connectivity index (χ4v) is 9.20. The van der Waals surface area contributed by atoms with Crippen molar-refractivity contribution in [2.45, 2.75) is 343 Å². The Morgan fingerprint density at radius 1 is 0.318 bits per heavy atom. The Labute approximate surface area is 412 Å². The molecule has 6 heteroatoms. The first kappa shape index (κ1) is 64.4. The number of carbonyl (C=O) groups is 3. The van der Waals surface area contributed by atoms with E-state index in [1.807, 2.05) is 0 Å². The van der Waals surface area contributed by atoms with Crippen molar-refractivity contribution in [2.75, 3.05) is 13.2 Å². The molecule has 6 nitrogen and oxygen atoms in total. The molecule has 0 saturated heterocycles.